The maximum atomic E-state index is 13.2. The lowest BCUT2D eigenvalue weighted by molar-refractivity contribution is -0.124. The second-order valence-corrected chi connectivity index (χ2v) is 7.49. The number of H-pyrrole nitrogens is 1. The van der Waals surface area contributed by atoms with E-state index in [4.69, 9.17) is 22.1 Å². The summed E-state index contributed by atoms with van der Waals surface area (Å²) < 4.78 is 7.04. The summed E-state index contributed by atoms with van der Waals surface area (Å²) in [5, 5.41) is 0.555. The molecular weight excluding hydrogens is 408 g/mol. The van der Waals surface area contributed by atoms with Crippen LogP contribution in [0.5, 0.6) is 5.75 Å². The van der Waals surface area contributed by atoms with Crippen molar-refractivity contribution in [3.8, 4) is 5.75 Å². The zero-order chi connectivity index (χ0) is 22.3. The molecule has 0 bridgehead atoms. The summed E-state index contributed by atoms with van der Waals surface area (Å²) in [4.78, 5) is 41.7. The van der Waals surface area contributed by atoms with Gasteiger partial charge in [0.15, 0.2) is 11.8 Å². The molecule has 1 amide bonds. The van der Waals surface area contributed by atoms with Crippen molar-refractivity contribution in [1.82, 2.24) is 9.55 Å². The normalized spacial score (nSPS) is 11.9. The first-order chi connectivity index (χ1) is 14.3. The smallest absolute Gasteiger partial charge is 0.330 e. The summed E-state index contributed by atoms with van der Waals surface area (Å²) in [6.07, 6.45) is 2.16. The molecule has 0 aliphatic heterocycles. The van der Waals surface area contributed by atoms with E-state index in [1.165, 1.54) is 9.47 Å². The van der Waals surface area contributed by atoms with Crippen LogP contribution in [0.2, 0.25) is 5.02 Å². The molecule has 30 heavy (non-hydrogen) atoms. The second kappa shape index (κ2) is 10.9. The fourth-order valence-corrected chi connectivity index (χ4v) is 3.14. The van der Waals surface area contributed by atoms with E-state index in [1.807, 2.05) is 13.8 Å². The van der Waals surface area contributed by atoms with Crippen LogP contribution < -0.4 is 26.6 Å². The molecule has 9 heteroatoms. The zero-order valence-corrected chi connectivity index (χ0v) is 18.4. The summed E-state index contributed by atoms with van der Waals surface area (Å²) in [6.45, 7) is 6.21. The SMILES string of the molecule is CCCCN(C(=O)[C@H](C)Oc1ccc(Cl)cc1)c1c(N)n(CCCC)c(=O)[nH]c1=O. The molecule has 0 saturated carbocycles. The standard InChI is InChI=1S/C21H29ClN4O4/c1-4-6-12-25(20(28)14(3)30-16-10-8-15(22)9-11-16)17-18(23)26(13-7-5-2)21(29)24-19(17)27/h8-11,14H,4-7,12-13,23H2,1-3H3,(H,24,27,29)/t14-/m0/s1. The molecule has 1 aromatic heterocycles. The molecule has 0 saturated heterocycles. The average molecular weight is 437 g/mol. The number of rotatable bonds is 10. The Bertz CT molecular complexity index is 968. The number of nitrogens with two attached hydrogens (primary N) is 1. The highest BCUT2D eigenvalue weighted by molar-refractivity contribution is 6.30. The van der Waals surface area contributed by atoms with Crippen LogP contribution in [-0.2, 0) is 11.3 Å². The Hall–Kier alpha value is -2.74. The molecule has 0 fully saturated rings. The van der Waals surface area contributed by atoms with Crippen LogP contribution in [0.4, 0.5) is 11.5 Å². The van der Waals surface area contributed by atoms with E-state index in [1.54, 1.807) is 31.2 Å². The number of unbranched alkanes of at least 4 members (excludes halogenated alkanes) is 2. The van der Waals surface area contributed by atoms with Crippen molar-refractivity contribution in [2.45, 2.75) is 59.1 Å². The summed E-state index contributed by atoms with van der Waals surface area (Å²) in [5.74, 6) is 0.0436. The maximum Gasteiger partial charge on any atom is 0.330 e. The number of ether oxygens (including phenoxy) is 1. The number of nitrogens with zero attached hydrogens (tertiary/aromatic N) is 2. The second-order valence-electron chi connectivity index (χ2n) is 7.06. The van der Waals surface area contributed by atoms with Gasteiger partial charge in [0.2, 0.25) is 0 Å². The Morgan fingerprint density at radius 3 is 2.43 bits per heavy atom. The van der Waals surface area contributed by atoms with E-state index in [2.05, 4.69) is 4.98 Å². The predicted octanol–water partition coefficient (Wildman–Crippen LogP) is 3.17. The fourth-order valence-electron chi connectivity index (χ4n) is 3.01. The first-order valence-corrected chi connectivity index (χ1v) is 10.5. The molecule has 1 atom stereocenters. The van der Waals surface area contributed by atoms with Crippen molar-refractivity contribution in [2.75, 3.05) is 17.2 Å². The Labute approximate surface area is 180 Å². The lowest BCUT2D eigenvalue weighted by Gasteiger charge is -2.27. The largest absolute Gasteiger partial charge is 0.481 e. The van der Waals surface area contributed by atoms with Gasteiger partial charge in [-0.3, -0.25) is 19.1 Å². The van der Waals surface area contributed by atoms with Gasteiger partial charge in [-0.2, -0.15) is 0 Å². The minimum absolute atomic E-state index is 0.0136. The summed E-state index contributed by atoms with van der Waals surface area (Å²) >= 11 is 5.89. The molecule has 164 valence electrons. The maximum absolute atomic E-state index is 13.2. The van der Waals surface area contributed by atoms with Crippen molar-refractivity contribution in [2.24, 2.45) is 0 Å². The molecule has 0 aliphatic carbocycles. The van der Waals surface area contributed by atoms with Crippen molar-refractivity contribution in [3.05, 3.63) is 50.1 Å². The number of hydrogen-bond acceptors (Lipinski definition) is 5. The monoisotopic (exact) mass is 436 g/mol. The predicted molar refractivity (Wildman–Crippen MR) is 119 cm³/mol. The molecule has 1 heterocycles. The number of hydrogen-bond donors (Lipinski definition) is 2. The lowest BCUT2D eigenvalue weighted by atomic mass is 10.2. The average Bonchev–Trinajstić information content (AvgIpc) is 2.71. The minimum atomic E-state index is -0.877. The molecule has 8 nitrogen and oxygen atoms in total. The van der Waals surface area contributed by atoms with E-state index in [9.17, 15) is 14.4 Å². The molecule has 0 radical (unpaired) electrons. The van der Waals surface area contributed by atoms with Gasteiger partial charge in [-0.05, 0) is 44.0 Å². The van der Waals surface area contributed by atoms with Crippen molar-refractivity contribution >= 4 is 29.0 Å². The number of halogens is 1. The van der Waals surface area contributed by atoms with Gasteiger partial charge in [0, 0.05) is 18.1 Å². The third-order valence-corrected chi connectivity index (χ3v) is 4.95. The van der Waals surface area contributed by atoms with Crippen molar-refractivity contribution < 1.29 is 9.53 Å². The van der Waals surface area contributed by atoms with Gasteiger partial charge in [-0.1, -0.05) is 38.3 Å². The van der Waals surface area contributed by atoms with E-state index in [0.717, 1.165) is 12.8 Å². The topological polar surface area (TPSA) is 110 Å². The van der Waals surface area contributed by atoms with Crippen LogP contribution in [0.1, 0.15) is 46.5 Å². The summed E-state index contributed by atoms with van der Waals surface area (Å²) in [5.41, 5.74) is 4.91. The van der Waals surface area contributed by atoms with Crippen molar-refractivity contribution in [1.29, 1.82) is 0 Å². The third kappa shape index (κ3) is 5.66. The number of anilines is 2. The molecule has 3 N–H and O–H groups in total. The van der Waals surface area contributed by atoms with Gasteiger partial charge in [0.25, 0.3) is 11.5 Å². The van der Waals surface area contributed by atoms with E-state index < -0.39 is 23.3 Å². The number of amides is 1. The Balaban J connectivity index is 2.41. The molecule has 0 unspecified atom stereocenters. The van der Waals surface area contributed by atoms with Crippen LogP contribution in [0, 0.1) is 0 Å². The third-order valence-electron chi connectivity index (χ3n) is 4.69. The molecule has 2 rings (SSSR count). The number of benzene rings is 1. The van der Waals surface area contributed by atoms with Crippen LogP contribution >= 0.6 is 11.6 Å². The zero-order valence-electron chi connectivity index (χ0n) is 17.6. The van der Waals surface area contributed by atoms with E-state index in [0.29, 0.717) is 30.2 Å². The number of nitrogen functional groups attached to an aromatic ring is 1. The quantitative estimate of drug-likeness (QED) is 0.594. The molecule has 0 aliphatic rings. The molecule has 0 spiro atoms. The van der Waals surface area contributed by atoms with Gasteiger partial charge >= 0.3 is 5.69 Å². The van der Waals surface area contributed by atoms with Crippen molar-refractivity contribution in [3.63, 3.8) is 0 Å². The lowest BCUT2D eigenvalue weighted by Crippen LogP contribution is -2.46. The Morgan fingerprint density at radius 2 is 1.83 bits per heavy atom. The van der Waals surface area contributed by atoms with Gasteiger partial charge in [-0.15, -0.1) is 0 Å². The number of carbonyl (C=O) groups is 1. The first-order valence-electron chi connectivity index (χ1n) is 10.2. The summed E-state index contributed by atoms with van der Waals surface area (Å²) in [6, 6.07) is 6.65. The van der Waals surface area contributed by atoms with Crippen LogP contribution in [0.25, 0.3) is 0 Å². The first kappa shape index (κ1) is 23.5. The number of nitrogens with one attached hydrogen (secondary N) is 1. The molecule has 2 aromatic rings. The van der Waals surface area contributed by atoms with Crippen LogP contribution in [-0.4, -0.2) is 28.1 Å². The molecular formula is C21H29ClN4O4. The highest BCUT2D eigenvalue weighted by atomic mass is 35.5. The molecule has 1 aromatic carbocycles. The number of carbonyl (C=O) groups excluding carboxylic acids is 1. The van der Waals surface area contributed by atoms with Gasteiger partial charge in [0.1, 0.15) is 11.6 Å². The van der Waals surface area contributed by atoms with Crippen LogP contribution in [0.15, 0.2) is 33.9 Å². The number of aromatic nitrogens is 2. The van der Waals surface area contributed by atoms with Crippen LogP contribution in [0.3, 0.4) is 0 Å². The summed E-state index contributed by atoms with van der Waals surface area (Å²) in [7, 11) is 0. The fraction of sp³-hybridized carbons (Fsp3) is 0.476. The highest BCUT2D eigenvalue weighted by Gasteiger charge is 2.28. The van der Waals surface area contributed by atoms with Gasteiger partial charge in [0.05, 0.1) is 0 Å². The van der Waals surface area contributed by atoms with E-state index in [-0.39, 0.29) is 18.1 Å². The number of aromatic amines is 1. The van der Waals surface area contributed by atoms with E-state index >= 15 is 0 Å². The Morgan fingerprint density at radius 1 is 1.20 bits per heavy atom. The highest BCUT2D eigenvalue weighted by Crippen LogP contribution is 2.21. The minimum Gasteiger partial charge on any atom is -0.481 e. The van der Waals surface area contributed by atoms with Gasteiger partial charge in [-0.25, -0.2) is 4.79 Å². The Kier molecular flexibility index (Phi) is 8.53. The van der Waals surface area contributed by atoms with Gasteiger partial charge < -0.3 is 15.4 Å².